The maximum absolute atomic E-state index is 12.4. The van der Waals surface area contributed by atoms with Gasteiger partial charge in [0.15, 0.2) is 0 Å². The highest BCUT2D eigenvalue weighted by atomic mass is 35.5. The van der Waals surface area contributed by atoms with Gasteiger partial charge in [-0.1, -0.05) is 11.6 Å². The Balaban J connectivity index is 1.72. The van der Waals surface area contributed by atoms with Gasteiger partial charge in [-0.25, -0.2) is 4.79 Å². The number of anilines is 2. The third-order valence-corrected chi connectivity index (χ3v) is 5.92. The van der Waals surface area contributed by atoms with Gasteiger partial charge in [0.05, 0.1) is 5.56 Å². The maximum atomic E-state index is 12.4. The number of halogens is 1. The number of primary amides is 1. The number of benzene rings is 1. The lowest BCUT2D eigenvalue weighted by Gasteiger charge is -2.26. The highest BCUT2D eigenvalue weighted by molar-refractivity contribution is 7.17. The zero-order valence-corrected chi connectivity index (χ0v) is 17.2. The molecule has 0 spiro atoms. The van der Waals surface area contributed by atoms with E-state index >= 15 is 0 Å². The number of nitrogens with zero attached hydrogens (tertiary/aromatic N) is 1. The molecule has 1 aliphatic heterocycles. The van der Waals surface area contributed by atoms with Crippen LogP contribution in [0.2, 0.25) is 5.02 Å². The number of methoxy groups -OCH3 is 1. The molecule has 1 aliphatic rings. The summed E-state index contributed by atoms with van der Waals surface area (Å²) in [7, 11) is 1.69. The topological polar surface area (TPSA) is 96.7 Å². The van der Waals surface area contributed by atoms with Crippen molar-refractivity contribution >= 4 is 45.6 Å². The Morgan fingerprint density at radius 3 is 2.71 bits per heavy atom. The van der Waals surface area contributed by atoms with Crippen LogP contribution in [-0.2, 0) is 17.7 Å². The largest absolute Gasteiger partial charge is 0.385 e. The van der Waals surface area contributed by atoms with E-state index in [9.17, 15) is 9.59 Å². The van der Waals surface area contributed by atoms with Crippen LogP contribution >= 0.6 is 22.9 Å². The Labute approximate surface area is 172 Å². The van der Waals surface area contributed by atoms with Crippen LogP contribution in [0.4, 0.5) is 15.5 Å². The fourth-order valence-corrected chi connectivity index (χ4v) is 4.64. The van der Waals surface area contributed by atoms with Gasteiger partial charge in [-0.3, -0.25) is 15.0 Å². The fourth-order valence-electron chi connectivity index (χ4n) is 3.23. The molecular formula is C19H23ClN4O3S. The summed E-state index contributed by atoms with van der Waals surface area (Å²) in [4.78, 5) is 27.8. The summed E-state index contributed by atoms with van der Waals surface area (Å²) in [5.41, 5.74) is 7.58. The molecule has 2 aromatic rings. The fraction of sp³-hybridized carbons (Fsp3) is 0.368. The number of carbonyl (C=O) groups is 2. The van der Waals surface area contributed by atoms with Crippen molar-refractivity contribution in [3.63, 3.8) is 0 Å². The van der Waals surface area contributed by atoms with E-state index in [1.54, 1.807) is 31.4 Å². The van der Waals surface area contributed by atoms with E-state index in [0.717, 1.165) is 49.5 Å². The van der Waals surface area contributed by atoms with Gasteiger partial charge in [0.25, 0.3) is 5.91 Å². The van der Waals surface area contributed by atoms with Crippen molar-refractivity contribution in [2.75, 3.05) is 37.4 Å². The van der Waals surface area contributed by atoms with Gasteiger partial charge in [-0.2, -0.15) is 0 Å². The molecule has 1 aromatic heterocycles. The molecule has 3 amide bonds. The molecule has 2 heterocycles. The quantitative estimate of drug-likeness (QED) is 0.594. The zero-order valence-electron chi connectivity index (χ0n) is 15.6. The second-order valence-electron chi connectivity index (χ2n) is 6.53. The van der Waals surface area contributed by atoms with Gasteiger partial charge in [0.1, 0.15) is 5.00 Å². The van der Waals surface area contributed by atoms with Crippen LogP contribution in [0.3, 0.4) is 0 Å². The third-order valence-electron chi connectivity index (χ3n) is 4.53. The molecule has 0 bridgehead atoms. The summed E-state index contributed by atoms with van der Waals surface area (Å²) in [6.45, 7) is 3.24. The number of urea groups is 1. The SMILES string of the molecule is COCCCN1CCc2c(sc(NC(=O)Nc3ccc(Cl)cc3)c2C(N)=O)C1. The normalized spacial score (nSPS) is 13.8. The molecule has 0 aliphatic carbocycles. The van der Waals surface area contributed by atoms with Crippen molar-refractivity contribution in [2.45, 2.75) is 19.4 Å². The molecular weight excluding hydrogens is 400 g/mol. The summed E-state index contributed by atoms with van der Waals surface area (Å²) >= 11 is 7.26. The first-order valence-corrected chi connectivity index (χ1v) is 10.2. The van der Waals surface area contributed by atoms with E-state index < -0.39 is 11.9 Å². The Hall–Kier alpha value is -2.13. The number of hydrogen-bond donors (Lipinski definition) is 3. The average molecular weight is 423 g/mol. The van der Waals surface area contributed by atoms with Gasteiger partial charge >= 0.3 is 6.03 Å². The number of nitrogens with one attached hydrogen (secondary N) is 2. The van der Waals surface area contributed by atoms with Crippen molar-refractivity contribution < 1.29 is 14.3 Å². The standard InChI is InChI=1S/C19H23ClN4O3S/c1-27-10-2-8-24-9-7-14-15(11-24)28-18(16(14)17(21)25)23-19(26)22-13-5-3-12(20)4-6-13/h3-6H,2,7-11H2,1H3,(H2,21,25)(H2,22,23,26). The lowest BCUT2D eigenvalue weighted by Crippen LogP contribution is -2.32. The second-order valence-corrected chi connectivity index (χ2v) is 8.07. The van der Waals surface area contributed by atoms with Gasteiger partial charge in [0.2, 0.25) is 0 Å². The van der Waals surface area contributed by atoms with Gasteiger partial charge in [-0.05, 0) is 42.7 Å². The molecule has 0 unspecified atom stereocenters. The number of thiophene rings is 1. The first-order chi connectivity index (χ1) is 13.5. The molecule has 0 radical (unpaired) electrons. The number of ether oxygens (including phenoxy) is 1. The summed E-state index contributed by atoms with van der Waals surface area (Å²) in [5.74, 6) is -0.521. The molecule has 1 aromatic carbocycles. The first kappa shape index (κ1) is 20.6. The van der Waals surface area contributed by atoms with E-state index in [1.165, 1.54) is 11.3 Å². The predicted molar refractivity (Wildman–Crippen MR) is 112 cm³/mol. The summed E-state index contributed by atoms with van der Waals surface area (Å²) < 4.78 is 5.11. The number of carbonyl (C=O) groups excluding carboxylic acids is 2. The van der Waals surface area contributed by atoms with Crippen LogP contribution in [0.5, 0.6) is 0 Å². The lowest BCUT2D eigenvalue weighted by molar-refractivity contribution is 0.0999. The molecule has 150 valence electrons. The van der Waals surface area contributed by atoms with Crippen LogP contribution in [0, 0.1) is 0 Å². The van der Waals surface area contributed by atoms with Crippen molar-refractivity contribution in [1.82, 2.24) is 4.90 Å². The van der Waals surface area contributed by atoms with E-state index in [4.69, 9.17) is 22.1 Å². The van der Waals surface area contributed by atoms with Crippen molar-refractivity contribution in [2.24, 2.45) is 5.73 Å². The van der Waals surface area contributed by atoms with Crippen molar-refractivity contribution in [3.8, 4) is 0 Å². The highest BCUT2D eigenvalue weighted by Gasteiger charge is 2.27. The second kappa shape index (κ2) is 9.38. The molecule has 0 saturated heterocycles. The number of nitrogens with two attached hydrogens (primary N) is 1. The van der Waals surface area contributed by atoms with Crippen molar-refractivity contribution in [3.05, 3.63) is 45.3 Å². The van der Waals surface area contributed by atoms with E-state index in [-0.39, 0.29) is 0 Å². The Morgan fingerprint density at radius 2 is 2.04 bits per heavy atom. The van der Waals surface area contributed by atoms with Crippen LogP contribution in [0.15, 0.2) is 24.3 Å². The molecule has 4 N–H and O–H groups in total. The molecule has 9 heteroatoms. The number of rotatable bonds is 7. The summed E-state index contributed by atoms with van der Waals surface area (Å²) in [5, 5.41) is 6.58. The smallest absolute Gasteiger partial charge is 0.324 e. The monoisotopic (exact) mass is 422 g/mol. The molecule has 0 fully saturated rings. The van der Waals surface area contributed by atoms with Crippen LogP contribution in [0.1, 0.15) is 27.2 Å². The van der Waals surface area contributed by atoms with Crippen LogP contribution < -0.4 is 16.4 Å². The van der Waals surface area contributed by atoms with Crippen molar-refractivity contribution in [1.29, 1.82) is 0 Å². The van der Waals surface area contributed by atoms with Crippen LogP contribution in [0.25, 0.3) is 0 Å². The van der Waals surface area contributed by atoms with Gasteiger partial charge < -0.3 is 15.8 Å². The Bertz CT molecular complexity index is 854. The third kappa shape index (κ3) is 5.02. The minimum Gasteiger partial charge on any atom is -0.385 e. The Kier molecular flexibility index (Phi) is 6.90. The van der Waals surface area contributed by atoms with Gasteiger partial charge in [-0.15, -0.1) is 11.3 Å². The molecule has 7 nitrogen and oxygen atoms in total. The average Bonchev–Trinajstić information content (AvgIpc) is 3.01. The number of amides is 3. The molecule has 28 heavy (non-hydrogen) atoms. The maximum Gasteiger partial charge on any atom is 0.324 e. The molecule has 0 atom stereocenters. The first-order valence-electron chi connectivity index (χ1n) is 8.97. The summed E-state index contributed by atoms with van der Waals surface area (Å²) in [6.07, 6.45) is 1.69. The zero-order chi connectivity index (χ0) is 20.1. The van der Waals surface area contributed by atoms with Gasteiger partial charge in [0, 0.05) is 48.9 Å². The van der Waals surface area contributed by atoms with E-state index in [2.05, 4.69) is 15.5 Å². The summed E-state index contributed by atoms with van der Waals surface area (Å²) in [6, 6.07) is 6.35. The van der Waals surface area contributed by atoms with Crippen LogP contribution in [-0.4, -0.2) is 43.6 Å². The lowest BCUT2D eigenvalue weighted by atomic mass is 10.0. The predicted octanol–water partition coefficient (Wildman–Crippen LogP) is 3.54. The minimum absolute atomic E-state index is 0.419. The molecule has 3 rings (SSSR count). The van der Waals surface area contributed by atoms with E-state index in [1.807, 2.05) is 0 Å². The number of hydrogen-bond acceptors (Lipinski definition) is 5. The minimum atomic E-state index is -0.521. The van der Waals surface area contributed by atoms with E-state index in [0.29, 0.717) is 21.3 Å². The number of fused-ring (bicyclic) bond motifs is 1. The highest BCUT2D eigenvalue weighted by Crippen LogP contribution is 2.37. The Morgan fingerprint density at radius 1 is 1.29 bits per heavy atom. The molecule has 0 saturated carbocycles.